The minimum absolute atomic E-state index is 0.109. The van der Waals surface area contributed by atoms with Gasteiger partial charge in [0.15, 0.2) is 0 Å². The minimum Gasteiger partial charge on any atom is -0.481 e. The third kappa shape index (κ3) is 12.5. The number of hydrogen-bond donors (Lipinski definition) is 4. The van der Waals surface area contributed by atoms with Gasteiger partial charge in [-0.05, 0) is 25.2 Å². The first-order chi connectivity index (χ1) is 8.91. The molecule has 0 aromatic rings. The summed E-state index contributed by atoms with van der Waals surface area (Å²) in [5, 5.41) is 13.8. The van der Waals surface area contributed by atoms with Crippen LogP contribution in [0.4, 0.5) is 4.79 Å². The van der Waals surface area contributed by atoms with Gasteiger partial charge in [0.25, 0.3) is 0 Å². The maximum atomic E-state index is 11.4. The maximum absolute atomic E-state index is 11.4. The Morgan fingerprint density at radius 2 is 1.84 bits per heavy atom. The van der Waals surface area contributed by atoms with Gasteiger partial charge in [-0.25, -0.2) is 4.79 Å². The molecular formula is C12H23N3O4. The van der Waals surface area contributed by atoms with Crippen molar-refractivity contribution in [3.05, 3.63) is 0 Å². The number of urea groups is 1. The number of rotatable bonds is 10. The SMILES string of the molecule is CC(CCC(=O)O)CNC(=O)NCCCCC(N)=O. The van der Waals surface area contributed by atoms with E-state index in [-0.39, 0.29) is 24.3 Å². The molecule has 0 fully saturated rings. The van der Waals surface area contributed by atoms with Crippen LogP contribution >= 0.6 is 0 Å². The quantitative estimate of drug-likeness (QED) is 0.431. The van der Waals surface area contributed by atoms with Crippen LogP contribution in [0.5, 0.6) is 0 Å². The molecule has 3 amide bonds. The highest BCUT2D eigenvalue weighted by Gasteiger charge is 2.07. The Morgan fingerprint density at radius 1 is 1.16 bits per heavy atom. The zero-order valence-electron chi connectivity index (χ0n) is 11.3. The second-order valence-electron chi connectivity index (χ2n) is 4.60. The summed E-state index contributed by atoms with van der Waals surface area (Å²) in [6, 6.07) is -0.277. The number of carbonyl (C=O) groups is 3. The molecule has 1 atom stereocenters. The number of amides is 3. The largest absolute Gasteiger partial charge is 0.481 e. The van der Waals surface area contributed by atoms with E-state index in [1.54, 1.807) is 0 Å². The predicted octanol–water partition coefficient (Wildman–Crippen LogP) is 0.442. The van der Waals surface area contributed by atoms with E-state index in [2.05, 4.69) is 10.6 Å². The van der Waals surface area contributed by atoms with Crippen molar-refractivity contribution in [3.63, 3.8) is 0 Å². The molecule has 0 aliphatic heterocycles. The Labute approximate surface area is 112 Å². The van der Waals surface area contributed by atoms with Gasteiger partial charge in [0.2, 0.25) is 5.91 Å². The Bertz CT molecular complexity index is 307. The van der Waals surface area contributed by atoms with E-state index < -0.39 is 5.97 Å². The molecule has 0 aromatic carbocycles. The van der Waals surface area contributed by atoms with Gasteiger partial charge in [0, 0.05) is 25.9 Å². The number of carboxylic acid groups (broad SMARTS) is 1. The van der Waals surface area contributed by atoms with Gasteiger partial charge in [0.1, 0.15) is 0 Å². The highest BCUT2D eigenvalue weighted by atomic mass is 16.4. The number of aliphatic carboxylic acids is 1. The molecule has 19 heavy (non-hydrogen) atoms. The Hall–Kier alpha value is -1.79. The summed E-state index contributed by atoms with van der Waals surface area (Å²) in [6.07, 6.45) is 2.33. The van der Waals surface area contributed by atoms with Gasteiger partial charge in [-0.3, -0.25) is 9.59 Å². The van der Waals surface area contributed by atoms with Crippen molar-refractivity contribution >= 4 is 17.9 Å². The van der Waals surface area contributed by atoms with Gasteiger partial charge >= 0.3 is 12.0 Å². The van der Waals surface area contributed by atoms with E-state index >= 15 is 0 Å². The molecule has 0 spiro atoms. The number of nitrogens with one attached hydrogen (secondary N) is 2. The van der Waals surface area contributed by atoms with Crippen LogP contribution in [0.3, 0.4) is 0 Å². The van der Waals surface area contributed by atoms with Gasteiger partial charge in [-0.1, -0.05) is 6.92 Å². The topological polar surface area (TPSA) is 122 Å². The number of primary amides is 1. The van der Waals surface area contributed by atoms with E-state index in [0.717, 1.165) is 0 Å². The van der Waals surface area contributed by atoms with Crippen LogP contribution in [0, 0.1) is 5.92 Å². The lowest BCUT2D eigenvalue weighted by atomic mass is 10.1. The second kappa shape index (κ2) is 10.2. The molecule has 0 aromatic heterocycles. The molecule has 0 saturated carbocycles. The van der Waals surface area contributed by atoms with Crippen LogP contribution in [0.1, 0.15) is 39.0 Å². The first-order valence-electron chi connectivity index (χ1n) is 6.43. The van der Waals surface area contributed by atoms with Crippen molar-refractivity contribution in [3.8, 4) is 0 Å². The number of carboxylic acids is 1. The fraction of sp³-hybridized carbons (Fsp3) is 0.750. The zero-order valence-corrected chi connectivity index (χ0v) is 11.3. The van der Waals surface area contributed by atoms with Crippen LogP contribution in [-0.2, 0) is 9.59 Å². The summed E-state index contributed by atoms with van der Waals surface area (Å²) >= 11 is 0. The van der Waals surface area contributed by atoms with Crippen LogP contribution in [0.25, 0.3) is 0 Å². The fourth-order valence-corrected chi connectivity index (χ4v) is 1.43. The minimum atomic E-state index is -0.828. The summed E-state index contributed by atoms with van der Waals surface area (Å²) in [6.45, 7) is 2.82. The summed E-state index contributed by atoms with van der Waals surface area (Å²) < 4.78 is 0. The molecule has 0 radical (unpaired) electrons. The third-order valence-electron chi connectivity index (χ3n) is 2.60. The van der Waals surface area contributed by atoms with Crippen LogP contribution in [0.2, 0.25) is 0 Å². The van der Waals surface area contributed by atoms with Crippen LogP contribution in [0.15, 0.2) is 0 Å². The number of hydrogen-bond acceptors (Lipinski definition) is 3. The Morgan fingerprint density at radius 3 is 2.42 bits per heavy atom. The maximum Gasteiger partial charge on any atom is 0.314 e. The molecule has 110 valence electrons. The van der Waals surface area contributed by atoms with Gasteiger partial charge in [-0.15, -0.1) is 0 Å². The lowest BCUT2D eigenvalue weighted by molar-refractivity contribution is -0.137. The molecule has 7 nitrogen and oxygen atoms in total. The summed E-state index contributed by atoms with van der Waals surface area (Å²) in [5.41, 5.74) is 4.98. The summed E-state index contributed by atoms with van der Waals surface area (Å²) in [5.74, 6) is -1.04. The monoisotopic (exact) mass is 273 g/mol. The fourth-order valence-electron chi connectivity index (χ4n) is 1.43. The molecule has 0 aliphatic carbocycles. The van der Waals surface area contributed by atoms with Gasteiger partial charge in [-0.2, -0.15) is 0 Å². The average molecular weight is 273 g/mol. The van der Waals surface area contributed by atoms with E-state index in [4.69, 9.17) is 10.8 Å². The number of nitrogens with two attached hydrogens (primary N) is 1. The standard InChI is InChI=1S/C12H23N3O4/c1-9(5-6-11(17)18)8-15-12(19)14-7-3-2-4-10(13)16/h9H,2-8H2,1H3,(H2,13,16)(H,17,18)(H2,14,15,19). The Balaban J connectivity index is 3.48. The predicted molar refractivity (Wildman–Crippen MR) is 70.5 cm³/mol. The van der Waals surface area contributed by atoms with Crippen LogP contribution in [-0.4, -0.2) is 36.1 Å². The number of unbranched alkanes of at least 4 members (excludes halogenated alkanes) is 1. The molecule has 1 unspecified atom stereocenters. The van der Waals surface area contributed by atoms with Crippen molar-refractivity contribution in [2.45, 2.75) is 39.0 Å². The molecule has 0 aliphatic rings. The lowest BCUT2D eigenvalue weighted by Crippen LogP contribution is -2.38. The van der Waals surface area contributed by atoms with Crippen molar-refractivity contribution in [2.24, 2.45) is 11.7 Å². The third-order valence-corrected chi connectivity index (χ3v) is 2.60. The Kier molecular flexibility index (Phi) is 9.20. The first-order valence-corrected chi connectivity index (χ1v) is 6.43. The zero-order chi connectivity index (χ0) is 14.7. The summed E-state index contributed by atoms with van der Waals surface area (Å²) in [7, 11) is 0. The molecule has 5 N–H and O–H groups in total. The van der Waals surface area contributed by atoms with E-state index in [1.165, 1.54) is 0 Å². The van der Waals surface area contributed by atoms with Crippen molar-refractivity contribution in [2.75, 3.05) is 13.1 Å². The summed E-state index contributed by atoms with van der Waals surface area (Å²) in [4.78, 5) is 32.2. The second-order valence-corrected chi connectivity index (χ2v) is 4.60. The van der Waals surface area contributed by atoms with Crippen molar-refractivity contribution in [1.29, 1.82) is 0 Å². The smallest absolute Gasteiger partial charge is 0.314 e. The number of carbonyl (C=O) groups excluding carboxylic acids is 2. The lowest BCUT2D eigenvalue weighted by Gasteiger charge is -2.12. The highest BCUT2D eigenvalue weighted by molar-refractivity contribution is 5.74. The van der Waals surface area contributed by atoms with E-state index in [1.807, 2.05) is 6.92 Å². The normalized spacial score (nSPS) is 11.6. The van der Waals surface area contributed by atoms with E-state index in [0.29, 0.717) is 38.8 Å². The highest BCUT2D eigenvalue weighted by Crippen LogP contribution is 2.03. The van der Waals surface area contributed by atoms with E-state index in [9.17, 15) is 14.4 Å². The molecule has 0 rings (SSSR count). The van der Waals surface area contributed by atoms with Crippen LogP contribution < -0.4 is 16.4 Å². The van der Waals surface area contributed by atoms with Gasteiger partial charge < -0.3 is 21.5 Å². The molecule has 7 heteroatoms. The van der Waals surface area contributed by atoms with Gasteiger partial charge in [0.05, 0.1) is 0 Å². The average Bonchev–Trinajstić information content (AvgIpc) is 2.33. The van der Waals surface area contributed by atoms with Crippen molar-refractivity contribution in [1.82, 2.24) is 10.6 Å². The molecular weight excluding hydrogens is 250 g/mol. The first kappa shape index (κ1) is 17.2. The molecule has 0 heterocycles. The molecule has 0 saturated heterocycles. The molecule has 0 bridgehead atoms. The van der Waals surface area contributed by atoms with Crippen molar-refractivity contribution < 1.29 is 19.5 Å².